The summed E-state index contributed by atoms with van der Waals surface area (Å²) >= 11 is 0. The number of furan rings is 1. The summed E-state index contributed by atoms with van der Waals surface area (Å²) in [7, 11) is 0. The van der Waals surface area contributed by atoms with E-state index in [4.69, 9.17) is 28.1 Å². The molecule has 10 heteroatoms. The lowest BCUT2D eigenvalue weighted by Crippen LogP contribution is -2.74. The van der Waals surface area contributed by atoms with Gasteiger partial charge in [0.05, 0.1) is 17.5 Å². The molecule has 1 aliphatic heterocycles. The summed E-state index contributed by atoms with van der Waals surface area (Å²) in [5.74, 6) is -2.90. The summed E-state index contributed by atoms with van der Waals surface area (Å²) < 4.78 is 35.5. The molecule has 3 fully saturated rings. The van der Waals surface area contributed by atoms with Gasteiger partial charge in [-0.25, -0.2) is 4.79 Å². The van der Waals surface area contributed by atoms with E-state index in [9.17, 15) is 19.2 Å². The van der Waals surface area contributed by atoms with Crippen LogP contribution in [0.4, 0.5) is 0 Å². The van der Waals surface area contributed by atoms with Crippen LogP contribution in [0.25, 0.3) is 0 Å². The van der Waals surface area contributed by atoms with Gasteiger partial charge < -0.3 is 28.1 Å². The predicted molar refractivity (Wildman–Crippen MR) is 122 cm³/mol. The lowest BCUT2D eigenvalue weighted by atomic mass is 9.49. The van der Waals surface area contributed by atoms with Gasteiger partial charge in [0, 0.05) is 26.7 Å². The van der Waals surface area contributed by atoms with Crippen molar-refractivity contribution >= 4 is 23.9 Å². The number of hydrogen-bond donors (Lipinski definition) is 0. The maximum Gasteiger partial charge on any atom is 0.374 e. The molecule has 2 bridgehead atoms. The highest BCUT2D eigenvalue weighted by atomic mass is 16.6. The van der Waals surface area contributed by atoms with Gasteiger partial charge in [-0.1, -0.05) is 6.92 Å². The summed E-state index contributed by atoms with van der Waals surface area (Å²) in [6, 6.07) is 3.01. The average molecular weight is 507 g/mol. The van der Waals surface area contributed by atoms with Crippen LogP contribution in [0.15, 0.2) is 22.8 Å². The molecular weight excluding hydrogens is 472 g/mol. The minimum Gasteiger partial charge on any atom is -0.465 e. The molecule has 4 rings (SSSR count). The SMILES string of the molecule is CC(=O)OC[C@@]12[C@@H](OC(C)=O)CC[C@@H](C)[C@@]13C[C@@H]([C@H](OC(C)=O)[C@@H]2OC(=O)c1ccco1)C(C)(C)O3. The van der Waals surface area contributed by atoms with Crippen molar-refractivity contribution < 1.29 is 47.3 Å². The lowest BCUT2D eigenvalue weighted by molar-refractivity contribution is -0.288. The standard InChI is InChI=1S/C26H34O10/c1-14-9-10-20(33-16(3)28)25(13-32-15(2)27)22(35-23(30)19-8-7-11-31-19)21(34-17(4)29)18-12-26(14,25)36-24(18,5)6/h7-8,11,14,18,20-22H,9-10,12-13H2,1-6H3/t14-,18+,20+,21+,22+,25+,26+/m1/s1. The summed E-state index contributed by atoms with van der Waals surface area (Å²) in [4.78, 5) is 49.9. The maximum absolute atomic E-state index is 13.3. The summed E-state index contributed by atoms with van der Waals surface area (Å²) in [5, 5.41) is 0. The van der Waals surface area contributed by atoms with E-state index in [0.29, 0.717) is 19.3 Å². The molecule has 1 spiro atoms. The van der Waals surface area contributed by atoms with Gasteiger partial charge in [0.25, 0.3) is 0 Å². The number of esters is 4. The van der Waals surface area contributed by atoms with Crippen molar-refractivity contribution in [3.63, 3.8) is 0 Å². The van der Waals surface area contributed by atoms with E-state index in [1.54, 1.807) is 6.07 Å². The van der Waals surface area contributed by atoms with Crippen LogP contribution >= 0.6 is 0 Å². The number of hydrogen-bond acceptors (Lipinski definition) is 10. The van der Waals surface area contributed by atoms with Crippen LogP contribution in [0.2, 0.25) is 0 Å². The van der Waals surface area contributed by atoms with Crippen molar-refractivity contribution in [3.8, 4) is 0 Å². The topological polar surface area (TPSA) is 128 Å². The van der Waals surface area contributed by atoms with Gasteiger partial charge in [-0.3, -0.25) is 14.4 Å². The molecule has 3 aliphatic rings. The van der Waals surface area contributed by atoms with Gasteiger partial charge in [-0.15, -0.1) is 0 Å². The Bertz CT molecular complexity index is 1030. The van der Waals surface area contributed by atoms with Crippen molar-refractivity contribution in [3.05, 3.63) is 24.2 Å². The van der Waals surface area contributed by atoms with Crippen LogP contribution < -0.4 is 0 Å². The fourth-order valence-electron chi connectivity index (χ4n) is 6.77. The normalized spacial score (nSPS) is 36.3. The quantitative estimate of drug-likeness (QED) is 0.419. The van der Waals surface area contributed by atoms with Crippen LogP contribution in [-0.4, -0.2) is 60.0 Å². The number of ether oxygens (including phenoxy) is 5. The zero-order chi connectivity index (χ0) is 26.5. The fraction of sp³-hybridized carbons (Fsp3) is 0.692. The second kappa shape index (κ2) is 9.21. The Labute approximate surface area is 209 Å². The third kappa shape index (κ3) is 4.09. The predicted octanol–water partition coefficient (Wildman–Crippen LogP) is 3.22. The van der Waals surface area contributed by atoms with Gasteiger partial charge in [0.1, 0.15) is 24.2 Å². The van der Waals surface area contributed by atoms with Crippen molar-refractivity contribution in [1.29, 1.82) is 0 Å². The third-order valence-electron chi connectivity index (χ3n) is 8.17. The molecule has 0 unspecified atom stereocenters. The van der Waals surface area contributed by atoms with Gasteiger partial charge in [-0.05, 0) is 51.2 Å². The van der Waals surface area contributed by atoms with Gasteiger partial charge in [0.15, 0.2) is 6.10 Å². The Hall–Kier alpha value is -2.88. The molecule has 2 saturated carbocycles. The van der Waals surface area contributed by atoms with Crippen molar-refractivity contribution in [2.24, 2.45) is 17.3 Å². The lowest BCUT2D eigenvalue weighted by Gasteiger charge is -2.61. The first-order valence-electron chi connectivity index (χ1n) is 12.3. The van der Waals surface area contributed by atoms with Crippen molar-refractivity contribution in [2.45, 2.75) is 90.3 Å². The highest BCUT2D eigenvalue weighted by Crippen LogP contribution is 2.67. The second-order valence-corrected chi connectivity index (χ2v) is 10.7. The summed E-state index contributed by atoms with van der Waals surface area (Å²) in [6.07, 6.45) is -0.0890. The number of carbonyl (C=O) groups excluding carboxylic acids is 4. The number of rotatable bonds is 6. The zero-order valence-corrected chi connectivity index (χ0v) is 21.5. The highest BCUT2D eigenvalue weighted by Gasteiger charge is 2.79. The molecule has 0 aromatic carbocycles. The van der Waals surface area contributed by atoms with E-state index >= 15 is 0 Å². The average Bonchev–Trinajstić information content (AvgIpc) is 3.38. The van der Waals surface area contributed by atoms with E-state index in [1.807, 2.05) is 20.8 Å². The van der Waals surface area contributed by atoms with Crippen LogP contribution in [0.5, 0.6) is 0 Å². The molecule has 1 aromatic heterocycles. The Balaban J connectivity index is 1.95. The van der Waals surface area contributed by atoms with E-state index < -0.39 is 58.8 Å². The van der Waals surface area contributed by atoms with Gasteiger partial charge in [0.2, 0.25) is 5.76 Å². The summed E-state index contributed by atoms with van der Waals surface area (Å²) in [5.41, 5.74) is -3.14. The molecule has 2 heterocycles. The molecule has 10 nitrogen and oxygen atoms in total. The zero-order valence-electron chi connectivity index (χ0n) is 21.5. The Morgan fingerprint density at radius 3 is 2.28 bits per heavy atom. The molecule has 1 aromatic rings. The molecule has 0 N–H and O–H groups in total. The first-order chi connectivity index (χ1) is 16.8. The molecule has 198 valence electrons. The second-order valence-electron chi connectivity index (χ2n) is 10.7. The molecule has 7 atom stereocenters. The maximum atomic E-state index is 13.3. The Kier molecular flexibility index (Phi) is 6.70. The van der Waals surface area contributed by atoms with Gasteiger partial charge >= 0.3 is 23.9 Å². The summed E-state index contributed by atoms with van der Waals surface area (Å²) in [6.45, 7) is 9.42. The van der Waals surface area contributed by atoms with E-state index in [-0.39, 0.29) is 24.2 Å². The highest BCUT2D eigenvalue weighted by molar-refractivity contribution is 5.86. The van der Waals surface area contributed by atoms with Gasteiger partial charge in [-0.2, -0.15) is 0 Å². The molecule has 36 heavy (non-hydrogen) atoms. The molecular formula is C26H34O10. The first kappa shape index (κ1) is 26.2. The van der Waals surface area contributed by atoms with E-state index in [2.05, 4.69) is 0 Å². The fourth-order valence-corrected chi connectivity index (χ4v) is 6.77. The van der Waals surface area contributed by atoms with Crippen LogP contribution in [-0.2, 0) is 38.1 Å². The first-order valence-corrected chi connectivity index (χ1v) is 12.3. The van der Waals surface area contributed by atoms with Crippen LogP contribution in [0, 0.1) is 17.3 Å². The third-order valence-corrected chi connectivity index (χ3v) is 8.17. The van der Waals surface area contributed by atoms with E-state index in [1.165, 1.54) is 33.1 Å². The van der Waals surface area contributed by atoms with Crippen LogP contribution in [0.3, 0.4) is 0 Å². The Morgan fingerprint density at radius 2 is 1.69 bits per heavy atom. The smallest absolute Gasteiger partial charge is 0.374 e. The number of carbonyl (C=O) groups is 4. The van der Waals surface area contributed by atoms with Crippen molar-refractivity contribution in [1.82, 2.24) is 0 Å². The van der Waals surface area contributed by atoms with E-state index in [0.717, 1.165) is 0 Å². The minimum atomic E-state index is -1.35. The monoisotopic (exact) mass is 506 g/mol. The largest absolute Gasteiger partial charge is 0.465 e. The Morgan fingerprint density at radius 1 is 1.00 bits per heavy atom. The van der Waals surface area contributed by atoms with Crippen LogP contribution in [0.1, 0.15) is 71.4 Å². The van der Waals surface area contributed by atoms with Crippen molar-refractivity contribution in [2.75, 3.05) is 6.61 Å². The molecule has 1 saturated heterocycles. The molecule has 0 radical (unpaired) electrons. The number of fused-ring (bicyclic) bond motifs is 1. The molecule has 2 aliphatic carbocycles. The minimum absolute atomic E-state index is 0.0424. The molecule has 0 amide bonds.